The summed E-state index contributed by atoms with van der Waals surface area (Å²) >= 11 is 0. The van der Waals surface area contributed by atoms with Gasteiger partial charge in [0, 0.05) is 6.42 Å². The number of aryl methyl sites for hydroxylation is 1. The van der Waals surface area contributed by atoms with E-state index < -0.39 is 18.6 Å². The average Bonchev–Trinajstić information content (AvgIpc) is 2.17. The molecule has 0 atom stereocenters. The molecule has 0 unspecified atom stereocenters. The standard InChI is InChI=1S/C10H9FO4/c11-5-4-6-2-1-3-7(9(12)13)8(6)10(14)15/h1-3H,4-5H2,(H,12,13)(H,14,15). The van der Waals surface area contributed by atoms with Gasteiger partial charge in [0.2, 0.25) is 0 Å². The number of hydrogen-bond acceptors (Lipinski definition) is 2. The molecule has 80 valence electrons. The van der Waals surface area contributed by atoms with Gasteiger partial charge in [-0.25, -0.2) is 9.59 Å². The van der Waals surface area contributed by atoms with Crippen molar-refractivity contribution in [3.63, 3.8) is 0 Å². The molecule has 0 aliphatic rings. The lowest BCUT2D eigenvalue weighted by atomic mass is 9.99. The maximum Gasteiger partial charge on any atom is 0.336 e. The van der Waals surface area contributed by atoms with Crippen molar-refractivity contribution in [2.24, 2.45) is 0 Å². The Morgan fingerprint density at radius 2 is 1.87 bits per heavy atom. The molecule has 1 rings (SSSR count). The Morgan fingerprint density at radius 1 is 1.20 bits per heavy atom. The Hall–Kier alpha value is -1.91. The van der Waals surface area contributed by atoms with Gasteiger partial charge in [-0.05, 0) is 11.6 Å². The number of benzene rings is 1. The van der Waals surface area contributed by atoms with Gasteiger partial charge in [0.25, 0.3) is 0 Å². The summed E-state index contributed by atoms with van der Waals surface area (Å²) in [4.78, 5) is 21.6. The van der Waals surface area contributed by atoms with E-state index in [0.29, 0.717) is 0 Å². The van der Waals surface area contributed by atoms with Crippen LogP contribution in [0.1, 0.15) is 26.3 Å². The zero-order valence-corrected chi connectivity index (χ0v) is 7.74. The largest absolute Gasteiger partial charge is 0.478 e. The molecule has 0 radical (unpaired) electrons. The van der Waals surface area contributed by atoms with E-state index in [-0.39, 0.29) is 23.1 Å². The van der Waals surface area contributed by atoms with E-state index in [1.807, 2.05) is 0 Å². The molecule has 0 saturated carbocycles. The van der Waals surface area contributed by atoms with Crippen LogP contribution in [0.3, 0.4) is 0 Å². The Bertz CT molecular complexity index is 400. The molecule has 0 aromatic heterocycles. The second kappa shape index (κ2) is 4.54. The first kappa shape index (κ1) is 11.2. The van der Waals surface area contributed by atoms with Crippen LogP contribution in [0.4, 0.5) is 4.39 Å². The van der Waals surface area contributed by atoms with Crippen LogP contribution >= 0.6 is 0 Å². The molecule has 0 bridgehead atoms. The fourth-order valence-corrected chi connectivity index (χ4v) is 1.34. The minimum Gasteiger partial charge on any atom is -0.478 e. The lowest BCUT2D eigenvalue weighted by Gasteiger charge is -2.06. The first-order valence-corrected chi connectivity index (χ1v) is 4.22. The Labute approximate surface area is 85.0 Å². The van der Waals surface area contributed by atoms with Crippen LogP contribution in [0.2, 0.25) is 0 Å². The third-order valence-electron chi connectivity index (χ3n) is 1.96. The summed E-state index contributed by atoms with van der Waals surface area (Å²) in [7, 11) is 0. The van der Waals surface area contributed by atoms with Crippen LogP contribution in [-0.4, -0.2) is 28.8 Å². The van der Waals surface area contributed by atoms with Crippen molar-refractivity contribution in [2.45, 2.75) is 6.42 Å². The third kappa shape index (κ3) is 2.31. The monoisotopic (exact) mass is 212 g/mol. The van der Waals surface area contributed by atoms with E-state index in [1.165, 1.54) is 18.2 Å². The Morgan fingerprint density at radius 3 is 2.33 bits per heavy atom. The van der Waals surface area contributed by atoms with E-state index in [1.54, 1.807) is 0 Å². The normalized spacial score (nSPS) is 9.93. The molecule has 4 nitrogen and oxygen atoms in total. The lowest BCUT2D eigenvalue weighted by Crippen LogP contribution is -2.11. The highest BCUT2D eigenvalue weighted by molar-refractivity contribution is 6.02. The summed E-state index contributed by atoms with van der Waals surface area (Å²) in [6.45, 7) is -0.719. The minimum absolute atomic E-state index is 0.0945. The van der Waals surface area contributed by atoms with Crippen LogP contribution in [0.5, 0.6) is 0 Å². The smallest absolute Gasteiger partial charge is 0.336 e. The van der Waals surface area contributed by atoms with Crippen molar-refractivity contribution < 1.29 is 24.2 Å². The van der Waals surface area contributed by atoms with Crippen molar-refractivity contribution in [2.75, 3.05) is 6.67 Å². The van der Waals surface area contributed by atoms with E-state index in [2.05, 4.69) is 0 Å². The third-order valence-corrected chi connectivity index (χ3v) is 1.96. The van der Waals surface area contributed by atoms with Crippen LogP contribution < -0.4 is 0 Å². The van der Waals surface area contributed by atoms with Crippen LogP contribution in [0.25, 0.3) is 0 Å². The van der Waals surface area contributed by atoms with Gasteiger partial charge in [-0.1, -0.05) is 12.1 Å². The first-order chi connectivity index (χ1) is 7.07. The molecular weight excluding hydrogens is 203 g/mol. The summed E-state index contributed by atoms with van der Waals surface area (Å²) in [5.74, 6) is -2.68. The number of alkyl halides is 1. The van der Waals surface area contributed by atoms with Crippen molar-refractivity contribution >= 4 is 11.9 Å². The number of aromatic carboxylic acids is 2. The summed E-state index contributed by atoms with van der Waals surface area (Å²) in [5, 5.41) is 17.6. The van der Waals surface area contributed by atoms with E-state index in [9.17, 15) is 14.0 Å². The van der Waals surface area contributed by atoms with Gasteiger partial charge in [0.1, 0.15) is 0 Å². The average molecular weight is 212 g/mol. The maximum atomic E-state index is 12.1. The topological polar surface area (TPSA) is 74.6 Å². The predicted octanol–water partition coefficient (Wildman–Crippen LogP) is 1.59. The number of rotatable bonds is 4. The van der Waals surface area contributed by atoms with Gasteiger partial charge in [0.15, 0.2) is 0 Å². The predicted molar refractivity (Wildman–Crippen MR) is 50.0 cm³/mol. The zero-order chi connectivity index (χ0) is 11.4. The van der Waals surface area contributed by atoms with Gasteiger partial charge < -0.3 is 10.2 Å². The summed E-state index contributed by atoms with van der Waals surface area (Å²) in [5.41, 5.74) is -0.444. The minimum atomic E-state index is -1.35. The van der Waals surface area contributed by atoms with Gasteiger partial charge >= 0.3 is 11.9 Å². The lowest BCUT2D eigenvalue weighted by molar-refractivity contribution is 0.0650. The van der Waals surface area contributed by atoms with Crippen molar-refractivity contribution in [3.05, 3.63) is 34.9 Å². The van der Waals surface area contributed by atoms with Crippen molar-refractivity contribution in [1.82, 2.24) is 0 Å². The molecule has 2 N–H and O–H groups in total. The van der Waals surface area contributed by atoms with E-state index in [4.69, 9.17) is 10.2 Å². The highest BCUT2D eigenvalue weighted by Gasteiger charge is 2.19. The molecule has 0 aliphatic carbocycles. The SMILES string of the molecule is O=C(O)c1cccc(CCF)c1C(=O)O. The van der Waals surface area contributed by atoms with Crippen molar-refractivity contribution in [3.8, 4) is 0 Å². The molecule has 1 aromatic rings. The summed E-state index contributed by atoms with van der Waals surface area (Å²) in [6, 6.07) is 4.00. The van der Waals surface area contributed by atoms with E-state index >= 15 is 0 Å². The molecule has 0 saturated heterocycles. The quantitative estimate of drug-likeness (QED) is 0.794. The Kier molecular flexibility index (Phi) is 3.38. The van der Waals surface area contributed by atoms with Gasteiger partial charge in [-0.3, -0.25) is 4.39 Å². The summed E-state index contributed by atoms with van der Waals surface area (Å²) < 4.78 is 12.1. The van der Waals surface area contributed by atoms with Crippen LogP contribution in [0.15, 0.2) is 18.2 Å². The first-order valence-electron chi connectivity index (χ1n) is 4.22. The molecule has 0 fully saturated rings. The number of hydrogen-bond donors (Lipinski definition) is 2. The molecule has 0 heterocycles. The molecule has 0 spiro atoms. The van der Waals surface area contributed by atoms with Gasteiger partial charge in [-0.2, -0.15) is 0 Å². The van der Waals surface area contributed by atoms with E-state index in [0.717, 1.165) is 0 Å². The molecule has 0 aliphatic heterocycles. The molecular formula is C10H9FO4. The molecule has 1 aromatic carbocycles. The molecule has 15 heavy (non-hydrogen) atoms. The number of halogens is 1. The molecule has 0 amide bonds. The number of carbonyl (C=O) groups is 2. The van der Waals surface area contributed by atoms with Crippen LogP contribution in [-0.2, 0) is 6.42 Å². The maximum absolute atomic E-state index is 12.1. The van der Waals surface area contributed by atoms with Crippen LogP contribution in [0, 0.1) is 0 Å². The highest BCUT2D eigenvalue weighted by atomic mass is 19.1. The number of carboxylic acids is 2. The second-order valence-electron chi connectivity index (χ2n) is 2.89. The second-order valence-corrected chi connectivity index (χ2v) is 2.89. The summed E-state index contributed by atoms with van der Waals surface area (Å²) in [6.07, 6.45) is -0.0945. The fourth-order valence-electron chi connectivity index (χ4n) is 1.34. The fraction of sp³-hybridized carbons (Fsp3) is 0.200. The number of carboxylic acid groups (broad SMARTS) is 2. The molecule has 5 heteroatoms. The highest BCUT2D eigenvalue weighted by Crippen LogP contribution is 2.16. The zero-order valence-electron chi connectivity index (χ0n) is 7.74. The van der Waals surface area contributed by atoms with Gasteiger partial charge in [-0.15, -0.1) is 0 Å². The Balaban J connectivity index is 3.34. The van der Waals surface area contributed by atoms with Crippen molar-refractivity contribution in [1.29, 1.82) is 0 Å². The van der Waals surface area contributed by atoms with Gasteiger partial charge in [0.05, 0.1) is 17.8 Å².